The Kier molecular flexibility index (Phi) is 6.15. The summed E-state index contributed by atoms with van der Waals surface area (Å²) in [6.07, 6.45) is 5.54. The second-order valence-corrected chi connectivity index (χ2v) is 6.34. The second kappa shape index (κ2) is 8.10. The zero-order valence-corrected chi connectivity index (χ0v) is 15.2. The number of pyridine rings is 1. The second-order valence-electron chi connectivity index (χ2n) is 5.52. The van der Waals surface area contributed by atoms with Crippen LogP contribution in [-0.2, 0) is 0 Å². The van der Waals surface area contributed by atoms with Crippen LogP contribution in [0.4, 0.5) is 11.8 Å². The normalized spacial score (nSPS) is 10.8. The number of unbranched alkanes of at least 4 members (excludes halogenated alkanes) is 1. The number of nitrogens with zero attached hydrogens (tertiary/aromatic N) is 3. The molecule has 0 saturated heterocycles. The summed E-state index contributed by atoms with van der Waals surface area (Å²) in [5.41, 5.74) is 6.71. The van der Waals surface area contributed by atoms with E-state index in [9.17, 15) is 0 Å². The quantitative estimate of drug-likeness (QED) is 0.549. The van der Waals surface area contributed by atoms with Crippen LogP contribution in [0.3, 0.4) is 0 Å². The molecule has 124 valence electrons. The highest BCUT2D eigenvalue weighted by Gasteiger charge is 2.14. The van der Waals surface area contributed by atoms with Crippen molar-refractivity contribution in [3.63, 3.8) is 0 Å². The summed E-state index contributed by atoms with van der Waals surface area (Å²) in [4.78, 5) is 12.5. The lowest BCUT2D eigenvalue weighted by atomic mass is 10.1. The van der Waals surface area contributed by atoms with E-state index in [0.29, 0.717) is 16.2 Å². The third-order valence-electron chi connectivity index (χ3n) is 3.30. The first-order valence-electron chi connectivity index (χ1n) is 7.71. The number of nitrogens with one attached hydrogen (secondary N) is 1. The third kappa shape index (κ3) is 4.79. The Labute approximate surface area is 145 Å². The highest BCUT2D eigenvalue weighted by Crippen LogP contribution is 2.34. The lowest BCUT2D eigenvalue weighted by molar-refractivity contribution is 0.469. The van der Waals surface area contributed by atoms with Gasteiger partial charge in [-0.1, -0.05) is 27.2 Å². The number of hydrogen-bond donors (Lipinski definition) is 2. The summed E-state index contributed by atoms with van der Waals surface area (Å²) in [6.45, 7) is 7.13. The van der Waals surface area contributed by atoms with Crippen molar-refractivity contribution in [1.29, 1.82) is 0 Å². The van der Waals surface area contributed by atoms with E-state index in [0.717, 1.165) is 30.7 Å². The Morgan fingerprint density at radius 2 is 2.04 bits per heavy atom. The van der Waals surface area contributed by atoms with E-state index in [4.69, 9.17) is 10.5 Å². The minimum absolute atomic E-state index is 0.219. The van der Waals surface area contributed by atoms with Gasteiger partial charge in [0.1, 0.15) is 10.4 Å². The van der Waals surface area contributed by atoms with Crippen molar-refractivity contribution in [3.8, 4) is 11.5 Å². The molecule has 0 aromatic carbocycles. The summed E-state index contributed by atoms with van der Waals surface area (Å²) in [7, 11) is 0. The van der Waals surface area contributed by atoms with Gasteiger partial charge in [-0.2, -0.15) is 4.98 Å². The third-order valence-corrected chi connectivity index (χ3v) is 3.73. The molecule has 6 nitrogen and oxygen atoms in total. The number of rotatable bonds is 7. The van der Waals surface area contributed by atoms with Gasteiger partial charge >= 0.3 is 0 Å². The summed E-state index contributed by atoms with van der Waals surface area (Å²) < 4.78 is 6.77. The van der Waals surface area contributed by atoms with E-state index in [1.165, 1.54) is 0 Å². The molecule has 0 aliphatic heterocycles. The lowest BCUT2D eigenvalue weighted by Crippen LogP contribution is -2.07. The molecule has 0 radical (unpaired) electrons. The first kappa shape index (κ1) is 17.5. The van der Waals surface area contributed by atoms with Crippen LogP contribution in [0.2, 0.25) is 0 Å². The lowest BCUT2D eigenvalue weighted by Gasteiger charge is -2.16. The van der Waals surface area contributed by atoms with E-state index < -0.39 is 0 Å². The molecule has 2 heterocycles. The monoisotopic (exact) mass is 379 g/mol. The van der Waals surface area contributed by atoms with Gasteiger partial charge in [-0.15, -0.1) is 0 Å². The first-order chi connectivity index (χ1) is 11.0. The van der Waals surface area contributed by atoms with Crippen molar-refractivity contribution < 1.29 is 4.74 Å². The largest absolute Gasteiger partial charge is 0.451 e. The van der Waals surface area contributed by atoms with Gasteiger partial charge in [-0.25, -0.2) is 9.97 Å². The minimum Gasteiger partial charge on any atom is -0.451 e. The molecular weight excluding hydrogens is 358 g/mol. The number of ether oxygens (including phenoxy) is 1. The van der Waals surface area contributed by atoms with Gasteiger partial charge in [-0.3, -0.25) is 0 Å². The number of nitrogen functional groups attached to an aromatic ring is 1. The van der Waals surface area contributed by atoms with E-state index in [1.54, 1.807) is 6.20 Å². The van der Waals surface area contributed by atoms with Crippen LogP contribution < -0.4 is 15.8 Å². The van der Waals surface area contributed by atoms with Crippen molar-refractivity contribution in [2.45, 2.75) is 39.5 Å². The molecule has 2 rings (SSSR count). The van der Waals surface area contributed by atoms with Crippen molar-refractivity contribution in [3.05, 3.63) is 28.6 Å². The maximum absolute atomic E-state index is 6.06. The highest BCUT2D eigenvalue weighted by atomic mass is 79.9. The summed E-state index contributed by atoms with van der Waals surface area (Å²) in [5, 5.41) is 3.26. The number of aromatic nitrogens is 3. The highest BCUT2D eigenvalue weighted by molar-refractivity contribution is 9.10. The van der Waals surface area contributed by atoms with E-state index in [1.807, 2.05) is 12.3 Å². The van der Waals surface area contributed by atoms with E-state index >= 15 is 0 Å². The Morgan fingerprint density at radius 3 is 2.74 bits per heavy atom. The molecule has 0 aliphatic rings. The van der Waals surface area contributed by atoms with Crippen molar-refractivity contribution >= 4 is 27.7 Å². The fourth-order valence-electron chi connectivity index (χ4n) is 2.03. The zero-order valence-electron chi connectivity index (χ0n) is 13.6. The zero-order chi connectivity index (χ0) is 16.8. The van der Waals surface area contributed by atoms with E-state index in [-0.39, 0.29) is 11.9 Å². The molecule has 2 aromatic rings. The van der Waals surface area contributed by atoms with Crippen LogP contribution >= 0.6 is 15.9 Å². The molecule has 0 spiro atoms. The Morgan fingerprint density at radius 1 is 1.26 bits per heavy atom. The van der Waals surface area contributed by atoms with Gasteiger partial charge in [0.15, 0.2) is 11.6 Å². The molecule has 3 N–H and O–H groups in total. The van der Waals surface area contributed by atoms with Crippen LogP contribution in [0.15, 0.2) is 23.1 Å². The topological polar surface area (TPSA) is 86.0 Å². The molecule has 0 fully saturated rings. The van der Waals surface area contributed by atoms with Crippen molar-refractivity contribution in [1.82, 2.24) is 15.0 Å². The molecule has 2 aromatic heterocycles. The molecule has 7 heteroatoms. The predicted molar refractivity (Wildman–Crippen MR) is 95.9 cm³/mol. The molecule has 0 bridgehead atoms. The van der Waals surface area contributed by atoms with Gasteiger partial charge in [-0.05, 0) is 28.3 Å². The Hall–Kier alpha value is -1.89. The van der Waals surface area contributed by atoms with Gasteiger partial charge < -0.3 is 15.8 Å². The standard InChI is InChI=1S/C16H22BrN5O/c1-4-5-6-19-15-13(9-21-16(18)22-15)23-12-7-14(17)20-8-11(12)10(2)3/h7-10H,4-6H2,1-3H3,(H3,18,19,21,22). The summed E-state index contributed by atoms with van der Waals surface area (Å²) in [6, 6.07) is 1.85. The number of halogens is 1. The van der Waals surface area contributed by atoms with Crippen molar-refractivity contribution in [2.75, 3.05) is 17.6 Å². The Balaban J connectivity index is 2.31. The summed E-state index contributed by atoms with van der Waals surface area (Å²) in [5.74, 6) is 2.39. The number of hydrogen-bond acceptors (Lipinski definition) is 6. The molecule has 0 amide bonds. The SMILES string of the molecule is CCCCNc1nc(N)ncc1Oc1cc(Br)ncc1C(C)C. The predicted octanol–water partition coefficient (Wildman–Crippen LogP) is 4.34. The molecule has 0 atom stereocenters. The maximum atomic E-state index is 6.06. The number of anilines is 2. The van der Waals surface area contributed by atoms with Crippen LogP contribution in [0.5, 0.6) is 11.5 Å². The van der Waals surface area contributed by atoms with Gasteiger partial charge in [0.05, 0.1) is 6.20 Å². The molecule has 0 unspecified atom stereocenters. The van der Waals surface area contributed by atoms with Gasteiger partial charge in [0.25, 0.3) is 0 Å². The average molecular weight is 380 g/mol. The van der Waals surface area contributed by atoms with Crippen LogP contribution in [0, 0.1) is 0 Å². The summed E-state index contributed by atoms with van der Waals surface area (Å²) >= 11 is 3.38. The van der Waals surface area contributed by atoms with Crippen molar-refractivity contribution in [2.24, 2.45) is 0 Å². The van der Waals surface area contributed by atoms with Gasteiger partial charge in [0.2, 0.25) is 5.95 Å². The molecule has 0 saturated carbocycles. The molecular formula is C16H22BrN5O. The van der Waals surface area contributed by atoms with E-state index in [2.05, 4.69) is 57.0 Å². The molecule has 23 heavy (non-hydrogen) atoms. The fraction of sp³-hybridized carbons (Fsp3) is 0.438. The molecule has 0 aliphatic carbocycles. The Bertz CT molecular complexity index is 663. The minimum atomic E-state index is 0.219. The maximum Gasteiger partial charge on any atom is 0.222 e. The van der Waals surface area contributed by atoms with Crippen LogP contribution in [0.1, 0.15) is 45.1 Å². The fourth-order valence-corrected chi connectivity index (χ4v) is 2.34. The van der Waals surface area contributed by atoms with Crippen LogP contribution in [-0.4, -0.2) is 21.5 Å². The first-order valence-corrected chi connectivity index (χ1v) is 8.50. The van der Waals surface area contributed by atoms with Gasteiger partial charge in [0, 0.05) is 24.4 Å². The average Bonchev–Trinajstić information content (AvgIpc) is 2.50. The smallest absolute Gasteiger partial charge is 0.222 e. The van der Waals surface area contributed by atoms with Crippen LogP contribution in [0.25, 0.3) is 0 Å². The number of nitrogens with two attached hydrogens (primary N) is 1.